The molecule has 9 N–H and O–H groups in total. The lowest BCUT2D eigenvalue weighted by molar-refractivity contribution is -0.145. The summed E-state index contributed by atoms with van der Waals surface area (Å²) in [5, 5.41) is 26.3. The summed E-state index contributed by atoms with van der Waals surface area (Å²) in [4.78, 5) is 61.5. The molecule has 0 fully saturated rings. The monoisotopic (exact) mass is 507 g/mol. The van der Waals surface area contributed by atoms with Gasteiger partial charge in [-0.25, -0.2) is 4.79 Å². The van der Waals surface area contributed by atoms with Crippen molar-refractivity contribution in [2.24, 2.45) is 17.4 Å². The Kier molecular flexibility index (Phi) is 12.5. The van der Waals surface area contributed by atoms with Crippen molar-refractivity contribution in [1.82, 2.24) is 16.0 Å². The highest BCUT2D eigenvalue weighted by Gasteiger charge is 2.32. The summed E-state index contributed by atoms with van der Waals surface area (Å²) in [6, 6.07) is 3.68. The van der Waals surface area contributed by atoms with Crippen molar-refractivity contribution in [3.8, 4) is 0 Å². The molecule has 12 heteroatoms. The Bertz CT molecular complexity index is 909. The molecule has 0 saturated heterocycles. The van der Waals surface area contributed by atoms with Crippen LogP contribution in [0.2, 0.25) is 0 Å². The molecule has 1 aromatic carbocycles. The number of hydrogen-bond donors (Lipinski definition) is 7. The first-order chi connectivity index (χ1) is 16.9. The van der Waals surface area contributed by atoms with E-state index in [-0.39, 0.29) is 25.2 Å². The molecule has 0 unspecified atom stereocenters. The van der Waals surface area contributed by atoms with E-state index in [1.54, 1.807) is 37.3 Å². The molecule has 12 nitrogen and oxygen atoms in total. The third-order valence-corrected chi connectivity index (χ3v) is 5.83. The van der Waals surface area contributed by atoms with Crippen molar-refractivity contribution in [1.29, 1.82) is 0 Å². The molecule has 1 aromatic rings. The second kappa shape index (κ2) is 14.8. The Labute approximate surface area is 210 Å². The van der Waals surface area contributed by atoms with E-state index >= 15 is 0 Å². The van der Waals surface area contributed by atoms with Gasteiger partial charge in [0.15, 0.2) is 6.04 Å². The van der Waals surface area contributed by atoms with Crippen molar-refractivity contribution in [3.05, 3.63) is 35.9 Å². The average Bonchev–Trinajstić information content (AvgIpc) is 2.83. The molecular formula is C24H37N5O7. The maximum Gasteiger partial charge on any atom is 0.328 e. The molecular weight excluding hydrogens is 470 g/mol. The zero-order valence-corrected chi connectivity index (χ0v) is 20.8. The van der Waals surface area contributed by atoms with E-state index in [1.807, 2.05) is 6.92 Å². The van der Waals surface area contributed by atoms with Crippen LogP contribution in [0, 0.1) is 5.92 Å². The van der Waals surface area contributed by atoms with Gasteiger partial charge in [0, 0.05) is 12.8 Å². The normalized spacial score (nSPS) is 15.9. The minimum atomic E-state index is -1.61. The van der Waals surface area contributed by atoms with Gasteiger partial charge in [-0.05, 0) is 24.8 Å². The number of aliphatic hydroxyl groups is 1. The van der Waals surface area contributed by atoms with Crippen LogP contribution in [0.15, 0.2) is 30.3 Å². The summed E-state index contributed by atoms with van der Waals surface area (Å²) in [5.74, 6) is -4.53. The highest BCUT2D eigenvalue weighted by atomic mass is 16.4. The summed E-state index contributed by atoms with van der Waals surface area (Å²) in [7, 11) is 0. The van der Waals surface area contributed by atoms with Gasteiger partial charge in [-0.15, -0.1) is 0 Å². The molecule has 0 heterocycles. The first-order valence-electron chi connectivity index (χ1n) is 11.8. The minimum absolute atomic E-state index is 0.00652. The van der Waals surface area contributed by atoms with E-state index in [0.717, 1.165) is 0 Å². The van der Waals surface area contributed by atoms with Crippen LogP contribution in [0.5, 0.6) is 0 Å². The number of rotatable bonds is 15. The Balaban J connectivity index is 3.16. The maximum absolute atomic E-state index is 13.1. The van der Waals surface area contributed by atoms with Crippen LogP contribution < -0.4 is 27.4 Å². The van der Waals surface area contributed by atoms with Crippen LogP contribution >= 0.6 is 0 Å². The molecule has 0 bridgehead atoms. The Morgan fingerprint density at radius 3 is 1.97 bits per heavy atom. The lowest BCUT2D eigenvalue weighted by Gasteiger charge is -2.26. The van der Waals surface area contributed by atoms with Crippen molar-refractivity contribution >= 4 is 29.6 Å². The van der Waals surface area contributed by atoms with Crippen LogP contribution in [0.1, 0.15) is 45.6 Å². The molecule has 0 aliphatic carbocycles. The first kappa shape index (κ1) is 30.5. The Hall–Kier alpha value is -3.51. The minimum Gasteiger partial charge on any atom is -0.480 e. The van der Waals surface area contributed by atoms with Crippen molar-refractivity contribution in [2.75, 3.05) is 0 Å². The molecule has 1 rings (SSSR count). The number of carbonyl (C=O) groups excluding carboxylic acids is 4. The number of nitrogens with one attached hydrogen (secondary N) is 3. The standard InChI is InChI=1S/C24H37N5O7/c1-4-13(2)19(26)23(34)27-16(10-11-18(25)31)21(32)28-17(12-15-8-6-5-7-9-15)22(33)29-20(14(3)30)24(35)36/h5-9,13-14,16-17,19-20,30H,4,10-12,26H2,1-3H3,(H2,25,31)(H,27,34)(H,28,32)(H,29,33)(H,35,36)/t13-,14+,16-,17-,19-,20-/m0/s1. The van der Waals surface area contributed by atoms with Crippen LogP contribution in [-0.2, 0) is 30.4 Å². The topological polar surface area (TPSA) is 214 Å². The second-order valence-electron chi connectivity index (χ2n) is 8.79. The van der Waals surface area contributed by atoms with Crippen LogP contribution in [0.3, 0.4) is 0 Å². The van der Waals surface area contributed by atoms with Crippen molar-refractivity contribution in [2.45, 2.75) is 76.7 Å². The molecule has 0 saturated carbocycles. The van der Waals surface area contributed by atoms with Crippen molar-refractivity contribution in [3.63, 3.8) is 0 Å². The Morgan fingerprint density at radius 1 is 0.917 bits per heavy atom. The lowest BCUT2D eigenvalue weighted by Crippen LogP contribution is -2.59. The first-order valence-corrected chi connectivity index (χ1v) is 11.8. The van der Waals surface area contributed by atoms with E-state index < -0.39 is 59.9 Å². The van der Waals surface area contributed by atoms with E-state index in [0.29, 0.717) is 12.0 Å². The average molecular weight is 508 g/mol. The fourth-order valence-electron chi connectivity index (χ4n) is 3.31. The SMILES string of the molecule is CC[C@H](C)[C@H](N)C(=O)N[C@@H](CCC(N)=O)C(=O)N[C@@H](Cc1ccccc1)C(=O)N[C@H](C(=O)O)[C@@H](C)O. The number of carboxylic acid groups (broad SMARTS) is 1. The third kappa shape index (κ3) is 10.0. The third-order valence-electron chi connectivity index (χ3n) is 5.83. The number of aliphatic carboxylic acids is 1. The van der Waals surface area contributed by atoms with Gasteiger partial charge in [0.2, 0.25) is 23.6 Å². The van der Waals surface area contributed by atoms with Crippen LogP contribution in [0.25, 0.3) is 0 Å². The molecule has 200 valence electrons. The number of hydrogen-bond acceptors (Lipinski definition) is 7. The van der Waals surface area contributed by atoms with Gasteiger partial charge >= 0.3 is 5.97 Å². The molecule has 0 radical (unpaired) electrons. The largest absolute Gasteiger partial charge is 0.480 e. The van der Waals surface area contributed by atoms with E-state index in [9.17, 15) is 34.2 Å². The summed E-state index contributed by atoms with van der Waals surface area (Å²) in [6.45, 7) is 4.85. The molecule has 6 atom stereocenters. The molecule has 0 spiro atoms. The summed E-state index contributed by atoms with van der Waals surface area (Å²) in [5.41, 5.74) is 11.8. The lowest BCUT2D eigenvalue weighted by atomic mass is 9.98. The van der Waals surface area contributed by atoms with Crippen molar-refractivity contribution < 1.29 is 34.2 Å². The predicted molar refractivity (Wildman–Crippen MR) is 131 cm³/mol. The number of primary amides is 1. The number of aliphatic hydroxyl groups excluding tert-OH is 1. The number of benzene rings is 1. The predicted octanol–water partition coefficient (Wildman–Crippen LogP) is -1.21. The highest BCUT2D eigenvalue weighted by Crippen LogP contribution is 2.09. The molecule has 36 heavy (non-hydrogen) atoms. The molecule has 0 aromatic heterocycles. The quantitative estimate of drug-likeness (QED) is 0.152. The fraction of sp³-hybridized carbons (Fsp3) is 0.542. The van der Waals surface area contributed by atoms with Gasteiger partial charge in [0.05, 0.1) is 12.1 Å². The van der Waals surface area contributed by atoms with Gasteiger partial charge in [-0.2, -0.15) is 0 Å². The van der Waals surface area contributed by atoms with E-state index in [1.165, 1.54) is 6.92 Å². The van der Waals surface area contributed by atoms with Gasteiger partial charge in [0.25, 0.3) is 0 Å². The van der Waals surface area contributed by atoms with Crippen LogP contribution in [0.4, 0.5) is 0 Å². The molecule has 4 amide bonds. The zero-order chi connectivity index (χ0) is 27.4. The second-order valence-corrected chi connectivity index (χ2v) is 8.79. The molecule has 0 aliphatic rings. The summed E-state index contributed by atoms with van der Waals surface area (Å²) < 4.78 is 0. The number of carbonyl (C=O) groups is 5. The number of carboxylic acids is 1. The van der Waals surface area contributed by atoms with Gasteiger partial charge in [-0.1, -0.05) is 50.6 Å². The molecule has 0 aliphatic heterocycles. The number of amides is 4. The fourth-order valence-corrected chi connectivity index (χ4v) is 3.31. The number of nitrogens with two attached hydrogens (primary N) is 2. The van der Waals surface area contributed by atoms with Crippen LogP contribution in [-0.4, -0.2) is 70.1 Å². The Morgan fingerprint density at radius 2 is 1.47 bits per heavy atom. The van der Waals surface area contributed by atoms with E-state index in [4.69, 9.17) is 11.5 Å². The highest BCUT2D eigenvalue weighted by molar-refractivity contribution is 5.94. The maximum atomic E-state index is 13.1. The van der Waals surface area contributed by atoms with Gasteiger partial charge in [0.1, 0.15) is 12.1 Å². The van der Waals surface area contributed by atoms with Gasteiger partial charge < -0.3 is 37.6 Å². The van der Waals surface area contributed by atoms with Gasteiger partial charge in [-0.3, -0.25) is 19.2 Å². The summed E-state index contributed by atoms with van der Waals surface area (Å²) >= 11 is 0. The zero-order valence-electron chi connectivity index (χ0n) is 20.8. The smallest absolute Gasteiger partial charge is 0.328 e. The summed E-state index contributed by atoms with van der Waals surface area (Å²) in [6.07, 6.45) is -1.13. The van der Waals surface area contributed by atoms with E-state index in [2.05, 4.69) is 16.0 Å².